The van der Waals surface area contributed by atoms with Crippen LogP contribution in [0.5, 0.6) is 0 Å². The maximum Gasteiger partial charge on any atom is 0.306 e. The van der Waals surface area contributed by atoms with Crippen molar-refractivity contribution in [2.75, 3.05) is 11.9 Å². The molecule has 0 fully saturated rings. The topological polar surface area (TPSA) is 55.4 Å². The number of benzene rings is 1. The minimum atomic E-state index is -0.394. The van der Waals surface area contributed by atoms with E-state index in [4.69, 9.17) is 4.74 Å². The Morgan fingerprint density at radius 1 is 1.29 bits per heavy atom. The molecular weight excluding hydrogens is 218 g/mol. The number of rotatable bonds is 5. The zero-order valence-corrected chi connectivity index (χ0v) is 10.1. The van der Waals surface area contributed by atoms with Gasteiger partial charge in [-0.2, -0.15) is 0 Å². The number of amides is 1. The third kappa shape index (κ3) is 4.68. The number of esters is 1. The summed E-state index contributed by atoms with van der Waals surface area (Å²) in [7, 11) is 0. The number of para-hydroxylation sites is 1. The van der Waals surface area contributed by atoms with Gasteiger partial charge in [-0.05, 0) is 19.1 Å². The zero-order valence-electron chi connectivity index (χ0n) is 10.1. The summed E-state index contributed by atoms with van der Waals surface area (Å²) in [5.41, 5.74) is 0.730. The van der Waals surface area contributed by atoms with Gasteiger partial charge in [-0.3, -0.25) is 9.59 Å². The SMILES string of the molecule is CCOC(=O)CC(C)C(=O)Nc1ccccc1. The molecule has 92 valence electrons. The fourth-order valence-corrected chi connectivity index (χ4v) is 1.35. The van der Waals surface area contributed by atoms with Gasteiger partial charge in [0, 0.05) is 11.6 Å². The molecule has 1 N–H and O–H groups in total. The lowest BCUT2D eigenvalue weighted by Crippen LogP contribution is -2.23. The van der Waals surface area contributed by atoms with E-state index < -0.39 is 5.92 Å². The summed E-state index contributed by atoms with van der Waals surface area (Å²) in [5, 5.41) is 2.74. The van der Waals surface area contributed by atoms with Crippen molar-refractivity contribution >= 4 is 17.6 Å². The number of anilines is 1. The zero-order chi connectivity index (χ0) is 12.7. The van der Waals surface area contributed by atoms with Crippen LogP contribution in [-0.2, 0) is 14.3 Å². The average Bonchev–Trinajstić information content (AvgIpc) is 2.30. The van der Waals surface area contributed by atoms with Crippen molar-refractivity contribution in [1.82, 2.24) is 0 Å². The van der Waals surface area contributed by atoms with E-state index in [1.807, 2.05) is 18.2 Å². The monoisotopic (exact) mass is 235 g/mol. The van der Waals surface area contributed by atoms with E-state index in [0.29, 0.717) is 6.61 Å². The summed E-state index contributed by atoms with van der Waals surface area (Å²) in [6.07, 6.45) is 0.104. The Kier molecular flexibility index (Phi) is 5.20. The van der Waals surface area contributed by atoms with Crippen LogP contribution in [0.25, 0.3) is 0 Å². The lowest BCUT2D eigenvalue weighted by atomic mass is 10.1. The summed E-state index contributed by atoms with van der Waals surface area (Å²) in [6, 6.07) is 9.15. The fourth-order valence-electron chi connectivity index (χ4n) is 1.35. The van der Waals surface area contributed by atoms with Crippen LogP contribution in [0, 0.1) is 5.92 Å². The molecule has 0 bridgehead atoms. The van der Waals surface area contributed by atoms with Crippen LogP contribution in [0.4, 0.5) is 5.69 Å². The molecule has 0 heterocycles. The first kappa shape index (κ1) is 13.2. The van der Waals surface area contributed by atoms with E-state index in [0.717, 1.165) is 5.69 Å². The molecule has 0 spiro atoms. The molecule has 0 saturated carbocycles. The predicted octanol–water partition coefficient (Wildman–Crippen LogP) is 2.21. The van der Waals surface area contributed by atoms with E-state index in [-0.39, 0.29) is 18.3 Å². The number of carbonyl (C=O) groups excluding carboxylic acids is 2. The first-order valence-corrected chi connectivity index (χ1v) is 5.65. The first-order chi connectivity index (χ1) is 8.13. The summed E-state index contributed by atoms with van der Waals surface area (Å²) < 4.78 is 4.79. The van der Waals surface area contributed by atoms with Gasteiger partial charge >= 0.3 is 5.97 Å². The second-order valence-corrected chi connectivity index (χ2v) is 3.77. The molecule has 4 nitrogen and oxygen atoms in total. The molecule has 0 aliphatic carbocycles. The Labute approximate surface area is 101 Å². The highest BCUT2D eigenvalue weighted by molar-refractivity contribution is 5.94. The van der Waals surface area contributed by atoms with Crippen LogP contribution in [0.15, 0.2) is 30.3 Å². The average molecular weight is 235 g/mol. The Morgan fingerprint density at radius 2 is 1.94 bits per heavy atom. The molecule has 0 aromatic heterocycles. The van der Waals surface area contributed by atoms with Gasteiger partial charge in [-0.15, -0.1) is 0 Å². The maximum absolute atomic E-state index is 11.7. The predicted molar refractivity (Wildman–Crippen MR) is 65.5 cm³/mol. The van der Waals surface area contributed by atoms with E-state index in [2.05, 4.69) is 5.32 Å². The van der Waals surface area contributed by atoms with Crippen LogP contribution >= 0.6 is 0 Å². The molecule has 4 heteroatoms. The van der Waals surface area contributed by atoms with Gasteiger partial charge in [0.15, 0.2) is 0 Å². The number of ether oxygens (including phenoxy) is 1. The largest absolute Gasteiger partial charge is 0.466 e. The van der Waals surface area contributed by atoms with Crippen LogP contribution in [0.2, 0.25) is 0 Å². The number of hydrogen-bond acceptors (Lipinski definition) is 3. The van der Waals surface area contributed by atoms with Crippen LogP contribution in [0.3, 0.4) is 0 Å². The standard InChI is InChI=1S/C13H17NO3/c1-3-17-12(15)9-10(2)13(16)14-11-7-5-4-6-8-11/h4-8,10H,3,9H2,1-2H3,(H,14,16). The summed E-state index contributed by atoms with van der Waals surface area (Å²) in [4.78, 5) is 22.9. The van der Waals surface area contributed by atoms with Crippen molar-refractivity contribution in [1.29, 1.82) is 0 Å². The van der Waals surface area contributed by atoms with E-state index in [1.54, 1.807) is 26.0 Å². The Morgan fingerprint density at radius 3 is 2.53 bits per heavy atom. The summed E-state index contributed by atoms with van der Waals surface area (Å²) in [6.45, 7) is 3.79. The normalized spacial score (nSPS) is 11.6. The molecule has 1 rings (SSSR count). The fraction of sp³-hybridized carbons (Fsp3) is 0.385. The highest BCUT2D eigenvalue weighted by atomic mass is 16.5. The Balaban J connectivity index is 2.45. The van der Waals surface area contributed by atoms with E-state index in [1.165, 1.54) is 0 Å². The highest BCUT2D eigenvalue weighted by Gasteiger charge is 2.17. The molecule has 0 radical (unpaired) electrons. The summed E-state index contributed by atoms with van der Waals surface area (Å²) >= 11 is 0. The highest BCUT2D eigenvalue weighted by Crippen LogP contribution is 2.10. The van der Waals surface area contributed by atoms with Crippen LogP contribution in [-0.4, -0.2) is 18.5 Å². The molecule has 1 aromatic rings. The molecule has 1 atom stereocenters. The minimum Gasteiger partial charge on any atom is -0.466 e. The lowest BCUT2D eigenvalue weighted by Gasteiger charge is -2.11. The molecule has 1 unspecified atom stereocenters. The van der Waals surface area contributed by atoms with E-state index in [9.17, 15) is 9.59 Å². The third-order valence-corrected chi connectivity index (χ3v) is 2.27. The molecule has 0 saturated heterocycles. The maximum atomic E-state index is 11.7. The first-order valence-electron chi connectivity index (χ1n) is 5.65. The van der Waals surface area contributed by atoms with Crippen molar-refractivity contribution < 1.29 is 14.3 Å². The Hall–Kier alpha value is -1.84. The molecule has 1 aromatic carbocycles. The summed E-state index contributed by atoms with van der Waals surface area (Å²) in [5.74, 6) is -0.915. The van der Waals surface area contributed by atoms with Gasteiger partial charge in [-0.25, -0.2) is 0 Å². The second kappa shape index (κ2) is 6.68. The smallest absolute Gasteiger partial charge is 0.306 e. The second-order valence-electron chi connectivity index (χ2n) is 3.77. The van der Waals surface area contributed by atoms with Crippen molar-refractivity contribution in [2.45, 2.75) is 20.3 Å². The molecular formula is C13H17NO3. The van der Waals surface area contributed by atoms with Gasteiger partial charge in [0.1, 0.15) is 0 Å². The van der Waals surface area contributed by atoms with Crippen molar-refractivity contribution in [3.63, 3.8) is 0 Å². The van der Waals surface area contributed by atoms with Gasteiger partial charge < -0.3 is 10.1 Å². The van der Waals surface area contributed by atoms with Gasteiger partial charge in [0.2, 0.25) is 5.91 Å². The molecule has 0 aliphatic heterocycles. The Bertz CT molecular complexity index is 376. The van der Waals surface area contributed by atoms with E-state index >= 15 is 0 Å². The molecule has 17 heavy (non-hydrogen) atoms. The van der Waals surface area contributed by atoms with Gasteiger partial charge in [0.25, 0.3) is 0 Å². The van der Waals surface area contributed by atoms with Gasteiger partial charge in [0.05, 0.1) is 13.0 Å². The van der Waals surface area contributed by atoms with Crippen molar-refractivity contribution in [3.05, 3.63) is 30.3 Å². The lowest BCUT2D eigenvalue weighted by molar-refractivity contribution is -0.145. The number of nitrogens with one attached hydrogen (secondary N) is 1. The molecule has 1 amide bonds. The van der Waals surface area contributed by atoms with Gasteiger partial charge in [-0.1, -0.05) is 25.1 Å². The van der Waals surface area contributed by atoms with Crippen LogP contribution in [0.1, 0.15) is 20.3 Å². The third-order valence-electron chi connectivity index (χ3n) is 2.27. The van der Waals surface area contributed by atoms with Crippen molar-refractivity contribution in [2.24, 2.45) is 5.92 Å². The number of carbonyl (C=O) groups is 2. The minimum absolute atomic E-state index is 0.104. The van der Waals surface area contributed by atoms with Crippen molar-refractivity contribution in [3.8, 4) is 0 Å². The number of hydrogen-bond donors (Lipinski definition) is 1. The van der Waals surface area contributed by atoms with Crippen LogP contribution < -0.4 is 5.32 Å². The quantitative estimate of drug-likeness (QED) is 0.796. The molecule has 0 aliphatic rings.